The van der Waals surface area contributed by atoms with E-state index in [-0.39, 0.29) is 5.69 Å². The normalized spacial score (nSPS) is 13.7. The molecule has 1 atom stereocenters. The molecule has 3 N–H and O–H groups in total. The molecule has 2 rings (SSSR count). The summed E-state index contributed by atoms with van der Waals surface area (Å²) in [6.07, 6.45) is -1.49. The number of imidazole rings is 1. The molecule has 0 bridgehead atoms. The van der Waals surface area contributed by atoms with Crippen LogP contribution in [0.1, 0.15) is 27.3 Å². The third kappa shape index (κ3) is 2.28. The molecule has 0 saturated heterocycles. The third-order valence-corrected chi connectivity index (χ3v) is 4.03. The Labute approximate surface area is 113 Å². The summed E-state index contributed by atoms with van der Waals surface area (Å²) < 4.78 is 1.52. The molecule has 104 valence electrons. The van der Waals surface area contributed by atoms with E-state index in [1.807, 2.05) is 0 Å². The van der Waals surface area contributed by atoms with Crippen molar-refractivity contribution >= 4 is 22.1 Å². The Balaban J connectivity index is 2.53. The number of fused-ring (bicyclic) bond motifs is 1. The average molecular weight is 285 g/mol. The maximum Gasteiger partial charge on any atom is 0.224 e. The first-order chi connectivity index (χ1) is 8.84. The summed E-state index contributed by atoms with van der Waals surface area (Å²) >= 11 is 1.09. The minimum atomic E-state index is -1.60. The van der Waals surface area contributed by atoms with Gasteiger partial charge in [-0.3, -0.25) is 14.1 Å². The van der Waals surface area contributed by atoms with Crippen LogP contribution in [0.2, 0.25) is 0 Å². The average Bonchev–Trinajstić information content (AvgIpc) is 2.88. The van der Waals surface area contributed by atoms with Gasteiger partial charge in [-0.15, -0.1) is 0 Å². The lowest BCUT2D eigenvalue weighted by atomic mass is 10.2. The topological polar surface area (TPSA) is 98.3 Å². The summed E-state index contributed by atoms with van der Waals surface area (Å²) in [5.74, 6) is -0.489. The molecule has 2 aromatic rings. The Hall–Kier alpha value is -1.32. The van der Waals surface area contributed by atoms with Crippen LogP contribution in [0.4, 0.5) is 0 Å². The van der Waals surface area contributed by atoms with E-state index < -0.39 is 18.3 Å². The zero-order valence-electron chi connectivity index (χ0n) is 10.7. The van der Waals surface area contributed by atoms with Crippen LogP contribution in [0.25, 0.3) is 4.96 Å². The Kier molecular flexibility index (Phi) is 3.70. The molecule has 0 amide bonds. The van der Waals surface area contributed by atoms with E-state index >= 15 is 0 Å². The lowest BCUT2D eigenvalue weighted by Gasteiger charge is -2.16. The van der Waals surface area contributed by atoms with Crippen LogP contribution in [-0.2, 0) is 0 Å². The molecule has 0 aromatic carbocycles. The monoisotopic (exact) mass is 285 g/mol. The van der Waals surface area contributed by atoms with Gasteiger partial charge in [0.1, 0.15) is 5.69 Å². The van der Waals surface area contributed by atoms with Crippen LogP contribution >= 0.6 is 11.3 Å². The first kappa shape index (κ1) is 14.1. The second-order valence-corrected chi connectivity index (χ2v) is 5.40. The fraction of sp³-hybridized carbons (Fsp3) is 0.455. The summed E-state index contributed by atoms with van der Waals surface area (Å²) in [6.45, 7) is 1.67. The van der Waals surface area contributed by atoms with Gasteiger partial charge in [0.05, 0.1) is 11.1 Å². The number of likely N-dealkylation sites (N-methyl/N-ethyl adjacent to an activating group) is 1. The van der Waals surface area contributed by atoms with Gasteiger partial charge >= 0.3 is 0 Å². The molecule has 8 heteroatoms. The van der Waals surface area contributed by atoms with Crippen molar-refractivity contribution in [1.82, 2.24) is 14.3 Å². The van der Waals surface area contributed by atoms with Crippen LogP contribution in [-0.4, -0.2) is 55.7 Å². The first-order valence-corrected chi connectivity index (χ1v) is 6.37. The molecule has 2 heterocycles. The minimum absolute atomic E-state index is 0.219. The van der Waals surface area contributed by atoms with Crippen molar-refractivity contribution in [2.45, 2.75) is 19.4 Å². The van der Waals surface area contributed by atoms with Crippen LogP contribution in [0, 0.1) is 6.92 Å². The van der Waals surface area contributed by atoms with Gasteiger partial charge in [0.15, 0.2) is 17.5 Å². The number of rotatable bonds is 4. The predicted molar refractivity (Wildman–Crippen MR) is 69.0 cm³/mol. The molecule has 0 saturated carbocycles. The lowest BCUT2D eigenvalue weighted by Crippen LogP contribution is -2.36. The van der Waals surface area contributed by atoms with Crippen LogP contribution in [0.3, 0.4) is 0 Å². The number of ketones is 1. The fourth-order valence-electron chi connectivity index (χ4n) is 1.79. The smallest absolute Gasteiger partial charge is 0.224 e. The number of carbonyl (C=O) groups is 1. The van der Waals surface area contributed by atoms with Gasteiger partial charge in [0, 0.05) is 5.69 Å². The molecule has 2 aromatic heterocycles. The second-order valence-electron chi connectivity index (χ2n) is 4.39. The Bertz CT molecular complexity index is 617. The van der Waals surface area contributed by atoms with Gasteiger partial charge in [0.2, 0.25) is 5.78 Å². The summed E-state index contributed by atoms with van der Waals surface area (Å²) in [5.41, 5.74) is 0.749. The Morgan fingerprint density at radius 2 is 2.05 bits per heavy atom. The number of Topliss-reactive ketones (excluding diaryl/α,β-unsaturated/α-hetero) is 1. The number of carbonyl (C=O) groups excluding carboxylic acids is 1. The standard InChI is InChI=1S/C11H15N3O4S/c1-5-8(10(17)18)19-11-12-4-6(14(5)11)7(15)9(16)13(2)3/h4,9-10,16-18H,1-3H3. The second kappa shape index (κ2) is 4.99. The van der Waals surface area contributed by atoms with E-state index in [2.05, 4.69) is 4.98 Å². The number of aliphatic hydroxyl groups excluding tert-OH is 2. The summed E-state index contributed by atoms with van der Waals surface area (Å²) in [7, 11) is 3.17. The summed E-state index contributed by atoms with van der Waals surface area (Å²) in [4.78, 5) is 18.4. The zero-order valence-corrected chi connectivity index (χ0v) is 11.5. The van der Waals surface area contributed by atoms with Gasteiger partial charge < -0.3 is 15.3 Å². The molecule has 0 aliphatic heterocycles. The van der Waals surface area contributed by atoms with Gasteiger partial charge in [-0.1, -0.05) is 11.3 Å². The quantitative estimate of drug-likeness (QED) is 0.529. The van der Waals surface area contributed by atoms with E-state index in [1.54, 1.807) is 21.0 Å². The van der Waals surface area contributed by atoms with Crippen LogP contribution in [0.15, 0.2) is 6.20 Å². The highest BCUT2D eigenvalue weighted by molar-refractivity contribution is 7.17. The maximum absolute atomic E-state index is 12.1. The van der Waals surface area contributed by atoms with Gasteiger partial charge in [-0.25, -0.2) is 4.98 Å². The number of hydrogen-bond donors (Lipinski definition) is 3. The van der Waals surface area contributed by atoms with Crippen LogP contribution in [0.5, 0.6) is 0 Å². The van der Waals surface area contributed by atoms with Crippen molar-refractivity contribution in [3.05, 3.63) is 22.5 Å². The predicted octanol–water partition coefficient (Wildman–Crippen LogP) is -0.250. The number of thiazole rings is 1. The Morgan fingerprint density at radius 3 is 2.58 bits per heavy atom. The van der Waals surface area contributed by atoms with Crippen molar-refractivity contribution in [2.75, 3.05) is 14.1 Å². The van der Waals surface area contributed by atoms with Gasteiger partial charge in [-0.2, -0.15) is 0 Å². The highest BCUT2D eigenvalue weighted by atomic mass is 32.1. The molecular weight excluding hydrogens is 270 g/mol. The Morgan fingerprint density at radius 1 is 1.42 bits per heavy atom. The molecular formula is C11H15N3O4S. The lowest BCUT2D eigenvalue weighted by molar-refractivity contribution is -0.0402. The minimum Gasteiger partial charge on any atom is -0.371 e. The van der Waals surface area contributed by atoms with Crippen molar-refractivity contribution in [2.24, 2.45) is 0 Å². The van der Waals surface area contributed by atoms with Crippen molar-refractivity contribution in [3.8, 4) is 0 Å². The van der Waals surface area contributed by atoms with E-state index in [1.165, 1.54) is 15.5 Å². The first-order valence-electron chi connectivity index (χ1n) is 5.56. The molecule has 1 unspecified atom stereocenters. The number of aliphatic hydroxyl groups is 3. The summed E-state index contributed by atoms with van der Waals surface area (Å²) in [6, 6.07) is 0. The van der Waals surface area contributed by atoms with E-state index in [4.69, 9.17) is 0 Å². The molecule has 0 radical (unpaired) electrons. The van der Waals surface area contributed by atoms with Gasteiger partial charge in [-0.05, 0) is 21.0 Å². The van der Waals surface area contributed by atoms with E-state index in [0.29, 0.717) is 15.5 Å². The molecule has 7 nitrogen and oxygen atoms in total. The number of aryl methyl sites for hydroxylation is 1. The van der Waals surface area contributed by atoms with E-state index in [0.717, 1.165) is 11.3 Å². The maximum atomic E-state index is 12.1. The van der Waals surface area contributed by atoms with E-state index in [9.17, 15) is 20.1 Å². The number of hydrogen-bond acceptors (Lipinski definition) is 7. The number of nitrogens with zero attached hydrogens (tertiary/aromatic N) is 3. The SMILES string of the molecule is Cc1c(C(O)O)sc2ncc(C(=O)C(O)N(C)C)n12. The third-order valence-electron chi connectivity index (χ3n) is 2.83. The number of aromatic nitrogens is 2. The molecule has 0 aliphatic rings. The fourth-order valence-corrected chi connectivity index (χ4v) is 2.77. The molecule has 0 spiro atoms. The van der Waals surface area contributed by atoms with Crippen molar-refractivity contribution < 1.29 is 20.1 Å². The van der Waals surface area contributed by atoms with Crippen molar-refractivity contribution in [1.29, 1.82) is 0 Å². The van der Waals surface area contributed by atoms with Crippen LogP contribution < -0.4 is 0 Å². The zero-order chi connectivity index (χ0) is 14.3. The highest BCUT2D eigenvalue weighted by Gasteiger charge is 2.25. The molecule has 0 aliphatic carbocycles. The molecule has 19 heavy (non-hydrogen) atoms. The molecule has 0 fully saturated rings. The summed E-state index contributed by atoms with van der Waals surface area (Å²) in [5, 5.41) is 28.2. The van der Waals surface area contributed by atoms with Gasteiger partial charge in [0.25, 0.3) is 0 Å². The largest absolute Gasteiger partial charge is 0.371 e. The van der Waals surface area contributed by atoms with Crippen molar-refractivity contribution in [3.63, 3.8) is 0 Å². The highest BCUT2D eigenvalue weighted by Crippen LogP contribution is 2.28.